The SMILES string of the molecule is CCCCc1ccc(CC2CCC(OC)CC2)c(CO)c1. The lowest BCUT2D eigenvalue weighted by atomic mass is 9.82. The number of benzene rings is 1. The molecule has 0 aliphatic heterocycles. The monoisotopic (exact) mass is 290 g/mol. The van der Waals surface area contributed by atoms with E-state index in [9.17, 15) is 5.11 Å². The Bertz CT molecular complexity index is 420. The van der Waals surface area contributed by atoms with Crippen molar-refractivity contribution in [3.05, 3.63) is 34.9 Å². The average molecular weight is 290 g/mol. The number of methoxy groups -OCH3 is 1. The minimum Gasteiger partial charge on any atom is -0.392 e. The van der Waals surface area contributed by atoms with Crippen molar-refractivity contribution in [2.75, 3.05) is 7.11 Å². The maximum atomic E-state index is 9.66. The highest BCUT2D eigenvalue weighted by Crippen LogP contribution is 2.29. The van der Waals surface area contributed by atoms with Gasteiger partial charge in [0.15, 0.2) is 0 Å². The van der Waals surface area contributed by atoms with Gasteiger partial charge in [-0.25, -0.2) is 0 Å². The predicted octanol–water partition coefficient (Wildman–Crippen LogP) is 4.27. The molecule has 2 nitrogen and oxygen atoms in total. The van der Waals surface area contributed by atoms with Crippen LogP contribution < -0.4 is 0 Å². The summed E-state index contributed by atoms with van der Waals surface area (Å²) in [6.07, 6.45) is 10.0. The van der Waals surface area contributed by atoms with Gasteiger partial charge in [0.1, 0.15) is 0 Å². The van der Waals surface area contributed by atoms with Gasteiger partial charge in [-0.1, -0.05) is 31.5 Å². The van der Waals surface area contributed by atoms with Gasteiger partial charge in [-0.3, -0.25) is 0 Å². The molecule has 1 aliphatic rings. The van der Waals surface area contributed by atoms with Gasteiger partial charge in [-0.15, -0.1) is 0 Å². The molecule has 0 saturated heterocycles. The van der Waals surface area contributed by atoms with Crippen LogP contribution in [0, 0.1) is 5.92 Å². The van der Waals surface area contributed by atoms with E-state index in [1.165, 1.54) is 49.7 Å². The van der Waals surface area contributed by atoms with Crippen LogP contribution >= 0.6 is 0 Å². The first-order valence-corrected chi connectivity index (χ1v) is 8.51. The second kappa shape index (κ2) is 8.55. The lowest BCUT2D eigenvalue weighted by Gasteiger charge is -2.28. The molecule has 1 aliphatic carbocycles. The van der Waals surface area contributed by atoms with Crippen molar-refractivity contribution in [2.45, 2.75) is 71.0 Å². The largest absolute Gasteiger partial charge is 0.392 e. The molecule has 2 rings (SSSR count). The van der Waals surface area contributed by atoms with Crippen LogP contribution in [-0.4, -0.2) is 18.3 Å². The second-order valence-electron chi connectivity index (χ2n) is 6.45. The molecular formula is C19H30O2. The molecule has 2 heteroatoms. The van der Waals surface area contributed by atoms with Crippen LogP contribution in [0.25, 0.3) is 0 Å². The lowest BCUT2D eigenvalue weighted by Crippen LogP contribution is -2.21. The van der Waals surface area contributed by atoms with Crippen molar-refractivity contribution in [3.63, 3.8) is 0 Å². The molecule has 0 atom stereocenters. The van der Waals surface area contributed by atoms with Crippen LogP contribution in [0.3, 0.4) is 0 Å². The number of unbranched alkanes of at least 4 members (excludes halogenated alkanes) is 1. The molecule has 0 heterocycles. The van der Waals surface area contributed by atoms with Crippen LogP contribution in [0.2, 0.25) is 0 Å². The first-order valence-electron chi connectivity index (χ1n) is 8.51. The molecule has 1 saturated carbocycles. The molecule has 0 bridgehead atoms. The van der Waals surface area contributed by atoms with Gasteiger partial charge in [0.05, 0.1) is 12.7 Å². The maximum Gasteiger partial charge on any atom is 0.0684 e. The zero-order valence-corrected chi connectivity index (χ0v) is 13.6. The minimum atomic E-state index is 0.169. The Kier molecular flexibility index (Phi) is 6.72. The third-order valence-electron chi connectivity index (χ3n) is 4.90. The van der Waals surface area contributed by atoms with Crippen molar-refractivity contribution < 1.29 is 9.84 Å². The van der Waals surface area contributed by atoms with Crippen LogP contribution in [-0.2, 0) is 24.2 Å². The summed E-state index contributed by atoms with van der Waals surface area (Å²) >= 11 is 0. The molecule has 0 aromatic heterocycles. The minimum absolute atomic E-state index is 0.169. The first kappa shape index (κ1) is 16.5. The standard InChI is InChI=1S/C19H30O2/c1-3-4-5-15-6-9-17(18(13-15)14-20)12-16-7-10-19(21-2)11-8-16/h6,9,13,16,19-20H,3-5,7-8,10-12,14H2,1-2H3. The number of aryl methyl sites for hydroxylation is 1. The number of hydrogen-bond donors (Lipinski definition) is 1. The van der Waals surface area contributed by atoms with Crippen molar-refractivity contribution in [1.29, 1.82) is 0 Å². The molecule has 0 radical (unpaired) electrons. The summed E-state index contributed by atoms with van der Waals surface area (Å²) in [5, 5.41) is 9.66. The Morgan fingerprint density at radius 2 is 1.90 bits per heavy atom. The van der Waals surface area contributed by atoms with E-state index < -0.39 is 0 Å². The number of rotatable bonds is 7. The Labute approximate surface area is 129 Å². The van der Waals surface area contributed by atoms with Crippen molar-refractivity contribution in [3.8, 4) is 0 Å². The summed E-state index contributed by atoms with van der Waals surface area (Å²) in [6.45, 7) is 2.39. The molecule has 1 aromatic rings. The highest BCUT2D eigenvalue weighted by Gasteiger charge is 2.21. The van der Waals surface area contributed by atoms with Gasteiger partial charge in [0.25, 0.3) is 0 Å². The van der Waals surface area contributed by atoms with Gasteiger partial charge in [-0.2, -0.15) is 0 Å². The first-order chi connectivity index (χ1) is 10.3. The zero-order valence-electron chi connectivity index (χ0n) is 13.6. The molecule has 1 N–H and O–H groups in total. The summed E-state index contributed by atoms with van der Waals surface area (Å²) in [5.41, 5.74) is 3.85. The summed E-state index contributed by atoms with van der Waals surface area (Å²) < 4.78 is 5.45. The van der Waals surface area contributed by atoms with Gasteiger partial charge < -0.3 is 9.84 Å². The molecule has 0 amide bonds. The lowest BCUT2D eigenvalue weighted by molar-refractivity contribution is 0.0568. The average Bonchev–Trinajstić information content (AvgIpc) is 2.54. The zero-order chi connectivity index (χ0) is 15.1. The number of ether oxygens (including phenoxy) is 1. The van der Waals surface area contributed by atoms with Gasteiger partial charge in [0.2, 0.25) is 0 Å². The topological polar surface area (TPSA) is 29.5 Å². The number of hydrogen-bond acceptors (Lipinski definition) is 2. The Morgan fingerprint density at radius 3 is 2.52 bits per heavy atom. The summed E-state index contributed by atoms with van der Waals surface area (Å²) in [7, 11) is 1.82. The van der Waals surface area contributed by atoms with E-state index in [1.807, 2.05) is 7.11 Å². The summed E-state index contributed by atoms with van der Waals surface area (Å²) in [5.74, 6) is 0.753. The molecule has 0 spiro atoms. The van der Waals surface area contributed by atoms with E-state index in [0.717, 1.165) is 24.3 Å². The van der Waals surface area contributed by atoms with Crippen molar-refractivity contribution in [1.82, 2.24) is 0 Å². The molecule has 1 fully saturated rings. The second-order valence-corrected chi connectivity index (χ2v) is 6.45. The highest BCUT2D eigenvalue weighted by molar-refractivity contribution is 5.32. The van der Waals surface area contributed by atoms with E-state index in [1.54, 1.807) is 0 Å². The quantitative estimate of drug-likeness (QED) is 0.812. The van der Waals surface area contributed by atoms with Gasteiger partial charge >= 0.3 is 0 Å². The Morgan fingerprint density at radius 1 is 1.14 bits per heavy atom. The Balaban J connectivity index is 1.96. The molecule has 21 heavy (non-hydrogen) atoms. The molecule has 1 aromatic carbocycles. The fraction of sp³-hybridized carbons (Fsp3) is 0.684. The van der Waals surface area contributed by atoms with Crippen LogP contribution in [0.15, 0.2) is 18.2 Å². The van der Waals surface area contributed by atoms with E-state index in [2.05, 4.69) is 25.1 Å². The smallest absolute Gasteiger partial charge is 0.0684 e. The van der Waals surface area contributed by atoms with E-state index in [-0.39, 0.29) is 6.61 Å². The number of aliphatic hydroxyl groups is 1. The van der Waals surface area contributed by atoms with Crippen LogP contribution in [0.4, 0.5) is 0 Å². The Hall–Kier alpha value is -0.860. The molecule has 0 unspecified atom stereocenters. The summed E-state index contributed by atoms with van der Waals surface area (Å²) in [4.78, 5) is 0. The normalized spacial score (nSPS) is 22.4. The predicted molar refractivity (Wildman–Crippen MR) is 87.4 cm³/mol. The van der Waals surface area contributed by atoms with Crippen LogP contribution in [0.5, 0.6) is 0 Å². The molecule has 118 valence electrons. The third kappa shape index (κ3) is 4.82. The fourth-order valence-electron chi connectivity index (χ4n) is 3.44. The van der Waals surface area contributed by atoms with Crippen molar-refractivity contribution >= 4 is 0 Å². The fourth-order valence-corrected chi connectivity index (χ4v) is 3.44. The van der Waals surface area contributed by atoms with Gasteiger partial charge in [0, 0.05) is 7.11 Å². The van der Waals surface area contributed by atoms with E-state index in [4.69, 9.17) is 4.74 Å². The third-order valence-corrected chi connectivity index (χ3v) is 4.90. The maximum absolute atomic E-state index is 9.66. The van der Waals surface area contributed by atoms with Gasteiger partial charge in [-0.05, 0) is 67.6 Å². The van der Waals surface area contributed by atoms with Crippen LogP contribution in [0.1, 0.15) is 62.1 Å². The number of aliphatic hydroxyl groups excluding tert-OH is 1. The van der Waals surface area contributed by atoms with E-state index >= 15 is 0 Å². The van der Waals surface area contributed by atoms with E-state index in [0.29, 0.717) is 6.10 Å². The molecular weight excluding hydrogens is 260 g/mol. The van der Waals surface area contributed by atoms with Crippen molar-refractivity contribution in [2.24, 2.45) is 5.92 Å². The highest BCUT2D eigenvalue weighted by atomic mass is 16.5. The summed E-state index contributed by atoms with van der Waals surface area (Å²) in [6, 6.07) is 6.72.